The van der Waals surface area contributed by atoms with Gasteiger partial charge in [-0.15, -0.1) is 0 Å². The van der Waals surface area contributed by atoms with Crippen LogP contribution in [0.2, 0.25) is 0 Å². The zero-order valence-corrected chi connectivity index (χ0v) is 14.7. The van der Waals surface area contributed by atoms with E-state index in [1.54, 1.807) is 0 Å². The average Bonchev–Trinajstić information content (AvgIpc) is 2.91. The van der Waals surface area contributed by atoms with Gasteiger partial charge in [-0.05, 0) is 20.3 Å². The molecule has 0 amide bonds. The Morgan fingerprint density at radius 2 is 1.38 bits per heavy atom. The van der Waals surface area contributed by atoms with E-state index in [2.05, 4.69) is 42.3 Å². The Kier molecular flexibility index (Phi) is 10.3. The van der Waals surface area contributed by atoms with E-state index in [-0.39, 0.29) is 0 Å². The van der Waals surface area contributed by atoms with Gasteiger partial charge in [0.15, 0.2) is 0 Å². The topological polar surface area (TPSA) is 8.81 Å². The molecule has 0 saturated carbocycles. The maximum Gasteiger partial charge on any atom is 0.256 e. The first-order chi connectivity index (χ1) is 10.3. The summed E-state index contributed by atoms with van der Waals surface area (Å²) in [5, 5.41) is 0. The highest BCUT2D eigenvalue weighted by Crippen LogP contribution is 2.11. The molecule has 1 aromatic heterocycles. The summed E-state index contributed by atoms with van der Waals surface area (Å²) in [6, 6.07) is 0. The van der Waals surface area contributed by atoms with Crippen LogP contribution in [0.5, 0.6) is 0 Å². The van der Waals surface area contributed by atoms with E-state index in [0.29, 0.717) is 0 Å². The van der Waals surface area contributed by atoms with Gasteiger partial charge >= 0.3 is 0 Å². The summed E-state index contributed by atoms with van der Waals surface area (Å²) < 4.78 is 4.80. The number of nitrogens with zero attached hydrogens (tertiary/aromatic N) is 2. The molecule has 0 atom stereocenters. The lowest BCUT2D eigenvalue weighted by atomic mass is 10.1. The summed E-state index contributed by atoms with van der Waals surface area (Å²) in [5.41, 5.74) is 0. The number of aryl methyl sites for hydroxylation is 2. The standard InChI is InChI=1S/C19H37N2/c1-4-7-8-9-10-11-12-13-14-15-16-19-20(5-2)17-18-21(19)6-3/h17-18H,4-16H2,1-3H3/q+1. The van der Waals surface area contributed by atoms with Gasteiger partial charge in [-0.25, -0.2) is 9.13 Å². The Balaban J connectivity index is 2.05. The van der Waals surface area contributed by atoms with Gasteiger partial charge in [0.2, 0.25) is 0 Å². The molecule has 1 rings (SSSR count). The summed E-state index contributed by atoms with van der Waals surface area (Å²) >= 11 is 0. The molecule has 1 aromatic rings. The molecule has 0 fully saturated rings. The molecule has 0 aliphatic carbocycles. The van der Waals surface area contributed by atoms with E-state index in [1.165, 1.54) is 76.5 Å². The summed E-state index contributed by atoms with van der Waals surface area (Å²) in [6.45, 7) is 8.96. The van der Waals surface area contributed by atoms with Crippen molar-refractivity contribution in [1.82, 2.24) is 4.57 Å². The molecule has 21 heavy (non-hydrogen) atoms. The molecule has 0 aromatic carbocycles. The average molecular weight is 294 g/mol. The minimum absolute atomic E-state index is 1.10. The summed E-state index contributed by atoms with van der Waals surface area (Å²) in [6.07, 6.45) is 19.9. The smallest absolute Gasteiger partial charge is 0.235 e. The molecule has 2 heteroatoms. The number of imidazole rings is 1. The Morgan fingerprint density at radius 3 is 1.90 bits per heavy atom. The van der Waals surface area contributed by atoms with E-state index >= 15 is 0 Å². The molecule has 0 aliphatic heterocycles. The second kappa shape index (κ2) is 11.8. The largest absolute Gasteiger partial charge is 0.256 e. The van der Waals surface area contributed by atoms with Crippen molar-refractivity contribution >= 4 is 0 Å². The van der Waals surface area contributed by atoms with Gasteiger partial charge in [-0.1, -0.05) is 64.7 Å². The molecule has 0 aliphatic rings. The van der Waals surface area contributed by atoms with Gasteiger partial charge in [0, 0.05) is 6.42 Å². The lowest BCUT2D eigenvalue weighted by molar-refractivity contribution is -0.700. The predicted octanol–water partition coefficient (Wildman–Crippen LogP) is 5.28. The van der Waals surface area contributed by atoms with Crippen LogP contribution in [0.15, 0.2) is 12.4 Å². The van der Waals surface area contributed by atoms with Crippen LogP contribution in [0.4, 0.5) is 0 Å². The molecule has 0 spiro atoms. The van der Waals surface area contributed by atoms with Crippen molar-refractivity contribution in [3.8, 4) is 0 Å². The van der Waals surface area contributed by atoms with Crippen LogP contribution < -0.4 is 4.57 Å². The number of unbranched alkanes of at least 4 members (excludes halogenated alkanes) is 9. The van der Waals surface area contributed by atoms with Crippen molar-refractivity contribution < 1.29 is 4.57 Å². The molecule has 0 bridgehead atoms. The first-order valence-electron chi connectivity index (χ1n) is 9.40. The highest BCUT2D eigenvalue weighted by Gasteiger charge is 2.13. The number of rotatable bonds is 13. The highest BCUT2D eigenvalue weighted by molar-refractivity contribution is 4.83. The third kappa shape index (κ3) is 7.15. The SMILES string of the molecule is CCCCCCCCCCCCc1n(CC)cc[n+]1CC. The van der Waals surface area contributed by atoms with Crippen LogP contribution in [-0.2, 0) is 19.5 Å². The summed E-state index contributed by atoms with van der Waals surface area (Å²) in [7, 11) is 0. The van der Waals surface area contributed by atoms with Crippen LogP contribution in [0, 0.1) is 0 Å². The second-order valence-corrected chi connectivity index (χ2v) is 6.22. The quantitative estimate of drug-likeness (QED) is 0.346. The first-order valence-corrected chi connectivity index (χ1v) is 9.40. The van der Waals surface area contributed by atoms with Gasteiger partial charge < -0.3 is 0 Å². The fourth-order valence-electron chi connectivity index (χ4n) is 3.13. The van der Waals surface area contributed by atoms with E-state index in [9.17, 15) is 0 Å². The predicted molar refractivity (Wildman–Crippen MR) is 91.5 cm³/mol. The fraction of sp³-hybridized carbons (Fsp3) is 0.842. The maximum atomic E-state index is 2.40. The van der Waals surface area contributed by atoms with Gasteiger partial charge in [-0.3, -0.25) is 0 Å². The first kappa shape index (κ1) is 18.3. The zero-order valence-electron chi connectivity index (χ0n) is 14.7. The van der Waals surface area contributed by atoms with Crippen LogP contribution in [0.25, 0.3) is 0 Å². The van der Waals surface area contributed by atoms with Crippen LogP contribution >= 0.6 is 0 Å². The second-order valence-electron chi connectivity index (χ2n) is 6.22. The number of aromatic nitrogens is 2. The molecular formula is C19H37N2+. The Morgan fingerprint density at radius 1 is 0.810 bits per heavy atom. The van der Waals surface area contributed by atoms with Gasteiger partial charge in [0.05, 0.1) is 13.1 Å². The highest BCUT2D eigenvalue weighted by atomic mass is 15.1. The van der Waals surface area contributed by atoms with Crippen molar-refractivity contribution in [3.63, 3.8) is 0 Å². The van der Waals surface area contributed by atoms with Crippen LogP contribution in [0.3, 0.4) is 0 Å². The van der Waals surface area contributed by atoms with E-state index in [0.717, 1.165) is 13.1 Å². The van der Waals surface area contributed by atoms with Crippen molar-refractivity contribution in [3.05, 3.63) is 18.2 Å². The zero-order chi connectivity index (χ0) is 15.3. The maximum absolute atomic E-state index is 2.40. The third-order valence-electron chi connectivity index (χ3n) is 4.52. The minimum Gasteiger partial charge on any atom is -0.235 e. The molecule has 122 valence electrons. The van der Waals surface area contributed by atoms with E-state index < -0.39 is 0 Å². The molecule has 0 N–H and O–H groups in total. The molecule has 0 saturated heterocycles. The van der Waals surface area contributed by atoms with Crippen molar-refractivity contribution in [2.24, 2.45) is 0 Å². The van der Waals surface area contributed by atoms with Crippen LogP contribution in [-0.4, -0.2) is 4.57 Å². The van der Waals surface area contributed by atoms with Gasteiger partial charge in [0.1, 0.15) is 12.4 Å². The monoisotopic (exact) mass is 293 g/mol. The molecule has 2 nitrogen and oxygen atoms in total. The normalized spacial score (nSPS) is 11.2. The third-order valence-corrected chi connectivity index (χ3v) is 4.52. The van der Waals surface area contributed by atoms with Gasteiger partial charge in [0.25, 0.3) is 5.82 Å². The summed E-state index contributed by atoms with van der Waals surface area (Å²) in [5.74, 6) is 1.51. The Hall–Kier alpha value is -0.790. The molecule has 0 radical (unpaired) electrons. The van der Waals surface area contributed by atoms with Gasteiger partial charge in [-0.2, -0.15) is 0 Å². The minimum atomic E-state index is 1.10. The van der Waals surface area contributed by atoms with Crippen molar-refractivity contribution in [2.75, 3.05) is 0 Å². The summed E-state index contributed by atoms with van der Waals surface area (Å²) in [4.78, 5) is 0. The van der Waals surface area contributed by atoms with Crippen molar-refractivity contribution in [2.45, 2.75) is 104 Å². The Bertz CT molecular complexity index is 333. The number of hydrogen-bond donors (Lipinski definition) is 0. The lowest BCUT2D eigenvalue weighted by Crippen LogP contribution is -2.35. The molecular weight excluding hydrogens is 256 g/mol. The Labute approximate surface area is 132 Å². The molecule has 0 unspecified atom stereocenters. The van der Waals surface area contributed by atoms with Crippen molar-refractivity contribution in [1.29, 1.82) is 0 Å². The lowest BCUT2D eigenvalue weighted by Gasteiger charge is -2.03. The van der Waals surface area contributed by atoms with E-state index in [4.69, 9.17) is 0 Å². The molecule has 1 heterocycles. The van der Waals surface area contributed by atoms with E-state index in [1.807, 2.05) is 0 Å². The number of hydrogen-bond acceptors (Lipinski definition) is 0. The fourth-order valence-corrected chi connectivity index (χ4v) is 3.13. The van der Waals surface area contributed by atoms with Crippen LogP contribution in [0.1, 0.15) is 90.8 Å².